The zero-order valence-electron chi connectivity index (χ0n) is 18.0. The number of hydrogen-bond donors (Lipinski definition) is 2. The molecule has 4 rings (SSSR count). The summed E-state index contributed by atoms with van der Waals surface area (Å²) in [5.41, 5.74) is -1.12. The molecule has 2 aromatic rings. The first-order chi connectivity index (χ1) is 15.7. The van der Waals surface area contributed by atoms with Crippen molar-refractivity contribution in [3.05, 3.63) is 35.3 Å². The third-order valence-corrected chi connectivity index (χ3v) is 5.54. The fourth-order valence-corrected chi connectivity index (χ4v) is 4.01. The van der Waals surface area contributed by atoms with Gasteiger partial charge in [-0.25, -0.2) is 9.37 Å². The summed E-state index contributed by atoms with van der Waals surface area (Å²) in [5.74, 6) is -1.76. The molecule has 2 atom stereocenters. The van der Waals surface area contributed by atoms with Gasteiger partial charge in [-0.05, 0) is 25.8 Å². The number of hydrogen-bond acceptors (Lipinski definition) is 7. The number of morpholine rings is 1. The Morgan fingerprint density at radius 3 is 2.58 bits per heavy atom. The number of nitrogens with one attached hydrogen (secondary N) is 2. The van der Waals surface area contributed by atoms with Crippen molar-refractivity contribution in [1.82, 2.24) is 14.9 Å². The van der Waals surface area contributed by atoms with Crippen LogP contribution in [0.4, 0.5) is 35.0 Å². The molecule has 2 saturated heterocycles. The molecule has 2 aliphatic rings. The number of amides is 1. The molecular weight excluding hydrogens is 446 g/mol. The van der Waals surface area contributed by atoms with Crippen molar-refractivity contribution in [2.45, 2.75) is 38.1 Å². The minimum absolute atomic E-state index is 0.0404. The summed E-state index contributed by atoms with van der Waals surface area (Å²) in [6.07, 6.45) is -2.35. The van der Waals surface area contributed by atoms with E-state index in [2.05, 4.69) is 20.6 Å². The van der Waals surface area contributed by atoms with Crippen LogP contribution in [0.2, 0.25) is 0 Å². The van der Waals surface area contributed by atoms with Gasteiger partial charge in [-0.1, -0.05) is 0 Å². The lowest BCUT2D eigenvalue weighted by Gasteiger charge is -2.32. The van der Waals surface area contributed by atoms with Crippen molar-refractivity contribution >= 4 is 23.4 Å². The summed E-state index contributed by atoms with van der Waals surface area (Å²) in [5, 5.41) is 5.22. The number of methoxy groups -OCH3 is 1. The van der Waals surface area contributed by atoms with Gasteiger partial charge < -0.3 is 25.0 Å². The average Bonchev–Trinajstić information content (AvgIpc) is 3.10. The van der Waals surface area contributed by atoms with Gasteiger partial charge in [0.2, 0.25) is 5.95 Å². The van der Waals surface area contributed by atoms with Crippen molar-refractivity contribution in [2.75, 3.05) is 37.4 Å². The Labute approximate surface area is 187 Å². The molecule has 178 valence electrons. The molecule has 33 heavy (non-hydrogen) atoms. The lowest BCUT2D eigenvalue weighted by Crippen LogP contribution is -2.46. The van der Waals surface area contributed by atoms with Crippen LogP contribution in [0, 0.1) is 5.82 Å². The summed E-state index contributed by atoms with van der Waals surface area (Å²) in [6.45, 7) is 2.62. The van der Waals surface area contributed by atoms with E-state index in [4.69, 9.17) is 9.47 Å². The molecule has 1 unspecified atom stereocenters. The van der Waals surface area contributed by atoms with Gasteiger partial charge in [0.25, 0.3) is 5.91 Å². The number of nitrogens with zero attached hydrogens (tertiary/aromatic N) is 3. The van der Waals surface area contributed by atoms with Crippen LogP contribution < -0.4 is 15.4 Å². The van der Waals surface area contributed by atoms with E-state index in [1.165, 1.54) is 13.2 Å². The van der Waals surface area contributed by atoms with Gasteiger partial charge in [0, 0.05) is 31.9 Å². The molecule has 1 aromatic carbocycles. The summed E-state index contributed by atoms with van der Waals surface area (Å²) in [7, 11) is 1.33. The lowest BCUT2D eigenvalue weighted by molar-refractivity contribution is -0.137. The van der Waals surface area contributed by atoms with Crippen molar-refractivity contribution < 1.29 is 31.8 Å². The summed E-state index contributed by atoms with van der Waals surface area (Å²) >= 11 is 0. The third-order valence-electron chi connectivity index (χ3n) is 5.54. The first-order valence-electron chi connectivity index (χ1n) is 10.5. The largest absolute Gasteiger partial charge is 0.495 e. The van der Waals surface area contributed by atoms with Crippen LogP contribution in [0.25, 0.3) is 0 Å². The Balaban J connectivity index is 1.60. The zero-order chi connectivity index (χ0) is 23.8. The number of rotatable bonds is 6. The van der Waals surface area contributed by atoms with E-state index < -0.39 is 29.3 Å². The van der Waals surface area contributed by atoms with Gasteiger partial charge in [0.05, 0.1) is 30.6 Å². The molecule has 1 aromatic heterocycles. The molecule has 0 radical (unpaired) electrons. The van der Waals surface area contributed by atoms with Crippen LogP contribution in [0.5, 0.6) is 5.75 Å². The Morgan fingerprint density at radius 2 is 1.97 bits per heavy atom. The molecule has 3 heterocycles. The average molecular weight is 469 g/mol. The van der Waals surface area contributed by atoms with Crippen LogP contribution in [-0.2, 0) is 10.9 Å². The number of alkyl halides is 3. The molecule has 12 heteroatoms. The van der Waals surface area contributed by atoms with E-state index in [1.54, 1.807) is 11.8 Å². The predicted octanol–water partition coefficient (Wildman–Crippen LogP) is 3.82. The predicted molar refractivity (Wildman–Crippen MR) is 111 cm³/mol. The van der Waals surface area contributed by atoms with E-state index in [0.717, 1.165) is 18.9 Å². The quantitative estimate of drug-likeness (QED) is 0.622. The van der Waals surface area contributed by atoms with Crippen LogP contribution >= 0.6 is 0 Å². The SMILES string of the molecule is CCNc1nc(Nc2cc(F)c(C(=O)N3CC4CC[C@H](C3)O4)cc2OC)ncc1C(F)(F)F. The van der Waals surface area contributed by atoms with Crippen molar-refractivity contribution in [3.8, 4) is 5.75 Å². The minimum Gasteiger partial charge on any atom is -0.495 e. The van der Waals surface area contributed by atoms with Crippen LogP contribution in [0.3, 0.4) is 0 Å². The van der Waals surface area contributed by atoms with Crippen molar-refractivity contribution in [1.29, 1.82) is 0 Å². The Morgan fingerprint density at radius 1 is 1.27 bits per heavy atom. The number of benzene rings is 1. The highest BCUT2D eigenvalue weighted by Crippen LogP contribution is 2.36. The minimum atomic E-state index is -4.64. The normalized spacial score (nSPS) is 20.0. The second kappa shape index (κ2) is 9.00. The third kappa shape index (κ3) is 4.80. The van der Waals surface area contributed by atoms with Gasteiger partial charge in [-0.3, -0.25) is 4.79 Å². The zero-order valence-corrected chi connectivity index (χ0v) is 18.0. The van der Waals surface area contributed by atoms with Gasteiger partial charge in [-0.2, -0.15) is 18.2 Å². The topological polar surface area (TPSA) is 88.6 Å². The first-order valence-corrected chi connectivity index (χ1v) is 10.5. The smallest absolute Gasteiger partial charge is 0.421 e. The van der Waals surface area contributed by atoms with E-state index in [0.29, 0.717) is 19.3 Å². The van der Waals surface area contributed by atoms with Gasteiger partial charge in [-0.15, -0.1) is 0 Å². The molecule has 2 bridgehead atoms. The number of fused-ring (bicyclic) bond motifs is 2. The highest BCUT2D eigenvalue weighted by Gasteiger charge is 2.37. The van der Waals surface area contributed by atoms with Crippen LogP contribution in [0.1, 0.15) is 35.7 Å². The maximum atomic E-state index is 14.9. The number of likely N-dealkylation sites (tertiary alicyclic amines) is 1. The van der Waals surface area contributed by atoms with Gasteiger partial charge in [0.1, 0.15) is 22.9 Å². The molecule has 1 amide bonds. The number of anilines is 3. The molecule has 2 N–H and O–H groups in total. The number of ether oxygens (including phenoxy) is 2. The van der Waals surface area contributed by atoms with E-state index in [1.807, 2.05) is 0 Å². The number of aromatic nitrogens is 2. The summed E-state index contributed by atoms with van der Waals surface area (Å²) in [6, 6.07) is 2.29. The lowest BCUT2D eigenvalue weighted by atomic mass is 10.1. The molecule has 8 nitrogen and oxygen atoms in total. The summed E-state index contributed by atoms with van der Waals surface area (Å²) < 4.78 is 65.5. The van der Waals surface area contributed by atoms with Gasteiger partial charge >= 0.3 is 6.18 Å². The first kappa shape index (κ1) is 23.0. The Bertz CT molecular complexity index is 1040. The number of halogens is 4. The van der Waals surface area contributed by atoms with Crippen LogP contribution in [0.15, 0.2) is 18.3 Å². The highest BCUT2D eigenvalue weighted by atomic mass is 19.4. The summed E-state index contributed by atoms with van der Waals surface area (Å²) in [4.78, 5) is 22.1. The van der Waals surface area contributed by atoms with Crippen LogP contribution in [-0.4, -0.2) is 59.7 Å². The van der Waals surface area contributed by atoms with E-state index in [-0.39, 0.29) is 41.7 Å². The second-order valence-electron chi connectivity index (χ2n) is 7.81. The van der Waals surface area contributed by atoms with Crippen molar-refractivity contribution in [3.63, 3.8) is 0 Å². The van der Waals surface area contributed by atoms with E-state index in [9.17, 15) is 22.4 Å². The molecule has 2 fully saturated rings. The van der Waals surface area contributed by atoms with E-state index >= 15 is 0 Å². The van der Waals surface area contributed by atoms with Gasteiger partial charge in [0.15, 0.2) is 0 Å². The molecule has 0 aliphatic carbocycles. The maximum Gasteiger partial charge on any atom is 0.421 e. The Hall–Kier alpha value is -3.15. The molecule has 2 aliphatic heterocycles. The number of carbonyl (C=O) groups is 1. The maximum absolute atomic E-state index is 14.9. The Kier molecular flexibility index (Phi) is 6.28. The van der Waals surface area contributed by atoms with Crippen molar-refractivity contribution in [2.24, 2.45) is 0 Å². The fourth-order valence-electron chi connectivity index (χ4n) is 4.01. The molecule has 0 saturated carbocycles. The number of carbonyl (C=O) groups excluding carboxylic acids is 1. The standard InChI is InChI=1S/C21H23F4N5O3/c1-3-26-18-14(21(23,24)25)8-27-20(29-18)28-16-7-15(22)13(6-17(16)32-2)19(31)30-9-11-4-5-12(10-30)33-11/h6-8,11-12H,3-5,9-10H2,1-2H3,(H2,26,27,28,29)/t11-,12?/m1/s1. The molecular formula is C21H23F4N5O3. The highest BCUT2D eigenvalue weighted by molar-refractivity contribution is 5.96. The molecule has 0 spiro atoms. The fraction of sp³-hybridized carbons (Fsp3) is 0.476. The monoisotopic (exact) mass is 469 g/mol. The second-order valence-corrected chi connectivity index (χ2v) is 7.81.